The summed E-state index contributed by atoms with van der Waals surface area (Å²) in [5.41, 5.74) is 3.80. The van der Waals surface area contributed by atoms with Crippen LogP contribution in [0.4, 0.5) is 5.95 Å². The zero-order chi connectivity index (χ0) is 21.3. The summed E-state index contributed by atoms with van der Waals surface area (Å²) in [5, 5.41) is 4.51. The monoisotopic (exact) mass is 421 g/mol. The molecule has 0 unspecified atom stereocenters. The number of benzene rings is 1. The Bertz CT molecular complexity index is 1290. The van der Waals surface area contributed by atoms with E-state index in [1.54, 1.807) is 30.7 Å². The number of nitrogens with one attached hydrogen (secondary N) is 2. The van der Waals surface area contributed by atoms with Crippen LogP contribution in [0.15, 0.2) is 53.7 Å². The van der Waals surface area contributed by atoms with Crippen molar-refractivity contribution in [2.24, 2.45) is 0 Å². The van der Waals surface area contributed by atoms with Gasteiger partial charge in [-0.25, -0.2) is 9.97 Å². The number of H-pyrrole nitrogens is 1. The summed E-state index contributed by atoms with van der Waals surface area (Å²) in [6, 6.07) is 8.73. The lowest BCUT2D eigenvalue weighted by molar-refractivity contribution is 0.415. The van der Waals surface area contributed by atoms with E-state index in [0.717, 1.165) is 22.2 Å². The normalized spacial score (nSPS) is 12.0. The van der Waals surface area contributed by atoms with E-state index in [4.69, 9.17) is 16.3 Å². The molecule has 152 valence electrons. The Balaban J connectivity index is 1.66. The fourth-order valence-corrected chi connectivity index (χ4v) is 3.56. The molecule has 0 aliphatic rings. The van der Waals surface area contributed by atoms with Gasteiger partial charge in [-0.3, -0.25) is 9.78 Å². The highest BCUT2D eigenvalue weighted by molar-refractivity contribution is 6.32. The number of aromatic nitrogens is 4. The molecule has 4 rings (SSSR count). The fraction of sp³-hybridized carbons (Fsp3) is 0.182. The third kappa shape index (κ3) is 3.84. The van der Waals surface area contributed by atoms with Crippen LogP contribution in [-0.2, 0) is 0 Å². The lowest BCUT2D eigenvalue weighted by Gasteiger charge is -2.15. The van der Waals surface area contributed by atoms with E-state index in [-0.39, 0.29) is 11.6 Å². The Labute approximate surface area is 178 Å². The van der Waals surface area contributed by atoms with Crippen molar-refractivity contribution in [3.05, 3.63) is 75.4 Å². The van der Waals surface area contributed by atoms with Crippen molar-refractivity contribution >= 4 is 28.5 Å². The van der Waals surface area contributed by atoms with Crippen molar-refractivity contribution in [1.82, 2.24) is 19.9 Å². The van der Waals surface area contributed by atoms with Crippen molar-refractivity contribution in [1.29, 1.82) is 0 Å². The SMILES string of the molecule is COc1cc2[nH]c(=O)c([C@H](C)Nc3nccc(-c4ccncc4C)n3)cc2cc1Cl. The largest absolute Gasteiger partial charge is 0.495 e. The first kappa shape index (κ1) is 19.8. The summed E-state index contributed by atoms with van der Waals surface area (Å²) in [7, 11) is 1.53. The standard InChI is InChI=1S/C22H20ClN5O2/c1-12-11-24-6-4-15(12)18-5-7-25-22(28-18)26-13(2)16-8-14-9-17(23)20(30-3)10-19(14)27-21(16)29/h4-11,13H,1-3H3,(H,27,29)(H,25,26,28)/t13-/m0/s1. The van der Waals surface area contributed by atoms with Gasteiger partial charge in [0.25, 0.3) is 5.56 Å². The summed E-state index contributed by atoms with van der Waals surface area (Å²) in [6.45, 7) is 3.87. The van der Waals surface area contributed by atoms with E-state index in [1.807, 2.05) is 32.0 Å². The minimum Gasteiger partial charge on any atom is -0.495 e. The summed E-state index contributed by atoms with van der Waals surface area (Å²) in [5.74, 6) is 0.943. The summed E-state index contributed by atoms with van der Waals surface area (Å²) >= 11 is 6.24. The molecule has 7 nitrogen and oxygen atoms in total. The maximum absolute atomic E-state index is 12.7. The molecule has 4 aromatic rings. The van der Waals surface area contributed by atoms with Crippen LogP contribution in [0.25, 0.3) is 22.2 Å². The molecule has 0 aliphatic heterocycles. The molecule has 3 heterocycles. The van der Waals surface area contributed by atoms with Crippen LogP contribution in [0.1, 0.15) is 24.1 Å². The molecule has 0 aliphatic carbocycles. The first-order valence-electron chi connectivity index (χ1n) is 9.37. The molecule has 2 N–H and O–H groups in total. The van der Waals surface area contributed by atoms with Crippen molar-refractivity contribution in [3.8, 4) is 17.0 Å². The molecule has 30 heavy (non-hydrogen) atoms. The van der Waals surface area contributed by atoms with Gasteiger partial charge in [0.1, 0.15) is 5.75 Å². The van der Waals surface area contributed by atoms with Gasteiger partial charge < -0.3 is 15.0 Å². The van der Waals surface area contributed by atoms with Gasteiger partial charge in [0.05, 0.1) is 29.4 Å². The maximum Gasteiger partial charge on any atom is 0.253 e. The van der Waals surface area contributed by atoms with E-state index in [0.29, 0.717) is 27.8 Å². The number of hydrogen-bond acceptors (Lipinski definition) is 6. The second-order valence-electron chi connectivity index (χ2n) is 6.95. The average molecular weight is 422 g/mol. The Morgan fingerprint density at radius 3 is 2.80 bits per heavy atom. The molecular formula is C22H20ClN5O2. The third-order valence-corrected chi connectivity index (χ3v) is 5.20. The molecule has 0 radical (unpaired) electrons. The van der Waals surface area contributed by atoms with Crippen molar-refractivity contribution < 1.29 is 4.74 Å². The summed E-state index contributed by atoms with van der Waals surface area (Å²) in [6.07, 6.45) is 5.21. The molecule has 8 heteroatoms. The van der Waals surface area contributed by atoms with Gasteiger partial charge in [-0.2, -0.15) is 0 Å². The summed E-state index contributed by atoms with van der Waals surface area (Å²) < 4.78 is 5.22. The number of hydrogen-bond donors (Lipinski definition) is 2. The molecule has 0 saturated heterocycles. The summed E-state index contributed by atoms with van der Waals surface area (Å²) in [4.78, 5) is 28.6. The quantitative estimate of drug-likeness (QED) is 0.492. The van der Waals surface area contributed by atoms with Crippen LogP contribution in [-0.4, -0.2) is 27.0 Å². The van der Waals surface area contributed by atoms with Crippen LogP contribution < -0.4 is 15.6 Å². The van der Waals surface area contributed by atoms with Crippen LogP contribution in [0, 0.1) is 6.92 Å². The fourth-order valence-electron chi connectivity index (χ4n) is 3.31. The first-order chi connectivity index (χ1) is 14.5. The molecular weight excluding hydrogens is 402 g/mol. The zero-order valence-corrected chi connectivity index (χ0v) is 17.5. The molecule has 3 aromatic heterocycles. The van der Waals surface area contributed by atoms with Crippen LogP contribution in [0.2, 0.25) is 5.02 Å². The van der Waals surface area contributed by atoms with Crippen LogP contribution in [0.3, 0.4) is 0 Å². The number of nitrogens with zero attached hydrogens (tertiary/aromatic N) is 3. The predicted octanol–water partition coefficient (Wildman–Crippen LogP) is 4.52. The lowest BCUT2D eigenvalue weighted by Crippen LogP contribution is -2.20. The Morgan fingerprint density at radius 1 is 1.20 bits per heavy atom. The molecule has 1 aromatic carbocycles. The van der Waals surface area contributed by atoms with Crippen molar-refractivity contribution in [2.75, 3.05) is 12.4 Å². The number of pyridine rings is 2. The predicted molar refractivity (Wildman–Crippen MR) is 118 cm³/mol. The van der Waals surface area contributed by atoms with Gasteiger partial charge in [0, 0.05) is 41.2 Å². The highest BCUT2D eigenvalue weighted by atomic mass is 35.5. The van der Waals surface area contributed by atoms with Gasteiger partial charge in [-0.1, -0.05) is 11.6 Å². The third-order valence-electron chi connectivity index (χ3n) is 4.91. The molecule has 0 saturated carbocycles. The Kier molecular flexibility index (Phi) is 5.37. The number of ether oxygens (including phenoxy) is 1. The van der Waals surface area contributed by atoms with E-state index in [1.165, 1.54) is 7.11 Å². The van der Waals surface area contributed by atoms with Gasteiger partial charge >= 0.3 is 0 Å². The second kappa shape index (κ2) is 8.12. The smallest absolute Gasteiger partial charge is 0.253 e. The van der Waals surface area contributed by atoms with Gasteiger partial charge in [-0.15, -0.1) is 0 Å². The molecule has 0 spiro atoms. The molecule has 0 amide bonds. The van der Waals surface area contributed by atoms with Crippen LogP contribution in [0.5, 0.6) is 5.75 Å². The number of methoxy groups -OCH3 is 1. The highest BCUT2D eigenvalue weighted by Gasteiger charge is 2.14. The van der Waals surface area contributed by atoms with E-state index in [9.17, 15) is 4.79 Å². The minimum absolute atomic E-state index is 0.201. The Morgan fingerprint density at radius 2 is 2.03 bits per heavy atom. The average Bonchev–Trinajstić information content (AvgIpc) is 2.73. The highest BCUT2D eigenvalue weighted by Crippen LogP contribution is 2.29. The topological polar surface area (TPSA) is 92.8 Å². The van der Waals surface area contributed by atoms with Crippen LogP contribution >= 0.6 is 11.6 Å². The number of aryl methyl sites for hydroxylation is 1. The number of anilines is 1. The van der Waals surface area contributed by atoms with E-state index in [2.05, 4.69) is 25.3 Å². The van der Waals surface area contributed by atoms with Crippen molar-refractivity contribution in [3.63, 3.8) is 0 Å². The Hall–Kier alpha value is -3.45. The number of rotatable bonds is 5. The number of aromatic amines is 1. The lowest BCUT2D eigenvalue weighted by atomic mass is 10.1. The zero-order valence-electron chi connectivity index (χ0n) is 16.7. The first-order valence-corrected chi connectivity index (χ1v) is 9.75. The van der Waals surface area contributed by atoms with Gasteiger partial charge in [0.2, 0.25) is 5.95 Å². The molecule has 0 fully saturated rings. The number of halogens is 1. The number of fused-ring (bicyclic) bond motifs is 1. The second-order valence-corrected chi connectivity index (χ2v) is 7.36. The van der Waals surface area contributed by atoms with E-state index >= 15 is 0 Å². The van der Waals surface area contributed by atoms with Gasteiger partial charge in [-0.05, 0) is 43.7 Å². The molecule has 0 bridgehead atoms. The van der Waals surface area contributed by atoms with Crippen molar-refractivity contribution in [2.45, 2.75) is 19.9 Å². The maximum atomic E-state index is 12.7. The minimum atomic E-state index is -0.326. The van der Waals surface area contributed by atoms with Gasteiger partial charge in [0.15, 0.2) is 0 Å². The van der Waals surface area contributed by atoms with E-state index < -0.39 is 0 Å². The molecule has 1 atom stereocenters.